The molecule has 0 bridgehead atoms. The SMILES string of the molecule is CCNC(=NCC(C)(C)c1cccs1)NCCS(C)(=O)=O. The molecule has 1 aromatic heterocycles. The second kappa shape index (κ2) is 7.79. The van der Waals surface area contributed by atoms with E-state index in [9.17, 15) is 8.42 Å². The van der Waals surface area contributed by atoms with E-state index in [2.05, 4.69) is 40.9 Å². The predicted octanol–water partition coefficient (Wildman–Crippen LogP) is 1.63. The van der Waals surface area contributed by atoms with Crippen LogP contribution in [0.25, 0.3) is 0 Å². The minimum Gasteiger partial charge on any atom is -0.357 e. The van der Waals surface area contributed by atoms with Gasteiger partial charge in [-0.25, -0.2) is 8.42 Å². The van der Waals surface area contributed by atoms with Crippen molar-refractivity contribution in [1.29, 1.82) is 0 Å². The van der Waals surface area contributed by atoms with Crippen LogP contribution in [-0.4, -0.2) is 46.0 Å². The van der Waals surface area contributed by atoms with Gasteiger partial charge in [-0.1, -0.05) is 19.9 Å². The third-order valence-electron chi connectivity index (χ3n) is 2.93. The fourth-order valence-corrected chi connectivity index (χ4v) is 3.03. The summed E-state index contributed by atoms with van der Waals surface area (Å²) in [4.78, 5) is 5.86. The zero-order valence-electron chi connectivity index (χ0n) is 13.1. The van der Waals surface area contributed by atoms with Crippen molar-refractivity contribution in [2.45, 2.75) is 26.2 Å². The normalized spacial score (nSPS) is 13.2. The van der Waals surface area contributed by atoms with E-state index in [-0.39, 0.29) is 11.2 Å². The van der Waals surface area contributed by atoms with Gasteiger partial charge < -0.3 is 10.6 Å². The first-order valence-corrected chi connectivity index (χ1v) is 9.92. The molecule has 0 saturated carbocycles. The highest BCUT2D eigenvalue weighted by Crippen LogP contribution is 2.27. The summed E-state index contributed by atoms with van der Waals surface area (Å²) in [6, 6.07) is 4.16. The summed E-state index contributed by atoms with van der Waals surface area (Å²) in [6.45, 7) is 8.04. The number of nitrogens with zero attached hydrogens (tertiary/aromatic N) is 1. The molecule has 1 aromatic rings. The topological polar surface area (TPSA) is 70.6 Å². The van der Waals surface area contributed by atoms with Crippen LogP contribution in [0.1, 0.15) is 25.6 Å². The van der Waals surface area contributed by atoms with Crippen LogP contribution in [-0.2, 0) is 15.3 Å². The lowest BCUT2D eigenvalue weighted by molar-refractivity contribution is 0.548. The lowest BCUT2D eigenvalue weighted by Crippen LogP contribution is -2.40. The van der Waals surface area contributed by atoms with Gasteiger partial charge in [0.1, 0.15) is 9.84 Å². The van der Waals surface area contributed by atoms with Crippen LogP contribution in [0.4, 0.5) is 0 Å². The average Bonchev–Trinajstić information content (AvgIpc) is 2.89. The quantitative estimate of drug-likeness (QED) is 0.588. The van der Waals surface area contributed by atoms with E-state index in [1.165, 1.54) is 11.1 Å². The van der Waals surface area contributed by atoms with Crippen molar-refractivity contribution in [1.82, 2.24) is 10.6 Å². The van der Waals surface area contributed by atoms with Crippen LogP contribution in [0.15, 0.2) is 22.5 Å². The summed E-state index contributed by atoms with van der Waals surface area (Å²) in [5.74, 6) is 0.761. The molecule has 0 radical (unpaired) electrons. The number of thiophene rings is 1. The molecule has 2 N–H and O–H groups in total. The summed E-state index contributed by atoms with van der Waals surface area (Å²) in [6.07, 6.45) is 1.23. The highest BCUT2D eigenvalue weighted by atomic mass is 32.2. The highest BCUT2D eigenvalue weighted by Gasteiger charge is 2.21. The lowest BCUT2D eigenvalue weighted by Gasteiger charge is -2.21. The Hall–Kier alpha value is -1.08. The number of sulfone groups is 1. The molecule has 0 spiro atoms. The second-order valence-corrected chi connectivity index (χ2v) is 8.82. The number of nitrogens with one attached hydrogen (secondary N) is 2. The van der Waals surface area contributed by atoms with Crippen molar-refractivity contribution < 1.29 is 8.42 Å². The standard InChI is InChI=1S/C14H25N3O2S2/c1-5-15-13(16-8-10-21(4,18)19)17-11-14(2,3)12-7-6-9-20-12/h6-7,9H,5,8,10-11H2,1-4H3,(H2,15,16,17). The zero-order valence-corrected chi connectivity index (χ0v) is 14.8. The van der Waals surface area contributed by atoms with Gasteiger partial charge in [0.05, 0.1) is 12.3 Å². The summed E-state index contributed by atoms with van der Waals surface area (Å²) in [5.41, 5.74) is -0.0344. The van der Waals surface area contributed by atoms with Gasteiger partial charge in [-0.05, 0) is 18.4 Å². The molecule has 0 saturated heterocycles. The summed E-state index contributed by atoms with van der Waals surface area (Å²) >= 11 is 1.73. The van der Waals surface area contributed by atoms with Gasteiger partial charge in [0.2, 0.25) is 0 Å². The number of aliphatic imine (C=N–C) groups is 1. The molecule has 0 aliphatic carbocycles. The minimum absolute atomic E-state index is 0.0344. The fourth-order valence-electron chi connectivity index (χ4n) is 1.71. The van der Waals surface area contributed by atoms with Crippen molar-refractivity contribution in [3.05, 3.63) is 22.4 Å². The third-order valence-corrected chi connectivity index (χ3v) is 5.11. The van der Waals surface area contributed by atoms with Crippen LogP contribution in [0.2, 0.25) is 0 Å². The Bertz CT molecular complexity index is 549. The minimum atomic E-state index is -2.96. The smallest absolute Gasteiger partial charge is 0.191 e. The number of guanidine groups is 1. The molecule has 0 aliphatic heterocycles. The second-order valence-electron chi connectivity index (χ2n) is 5.61. The van der Waals surface area contributed by atoms with Crippen LogP contribution >= 0.6 is 11.3 Å². The Kier molecular flexibility index (Phi) is 6.67. The first-order chi connectivity index (χ1) is 9.74. The molecule has 7 heteroatoms. The van der Waals surface area contributed by atoms with Gasteiger partial charge in [-0.3, -0.25) is 4.99 Å². The molecule has 5 nitrogen and oxygen atoms in total. The first kappa shape index (κ1) is 18.0. The maximum Gasteiger partial charge on any atom is 0.191 e. The van der Waals surface area contributed by atoms with Crippen molar-refractivity contribution >= 4 is 27.1 Å². The Morgan fingerprint density at radius 1 is 1.38 bits per heavy atom. The largest absolute Gasteiger partial charge is 0.357 e. The Balaban J connectivity index is 2.63. The predicted molar refractivity (Wildman–Crippen MR) is 91.0 cm³/mol. The Labute approximate surface area is 131 Å². The van der Waals surface area contributed by atoms with E-state index < -0.39 is 9.84 Å². The van der Waals surface area contributed by atoms with Crippen molar-refractivity contribution in [2.75, 3.05) is 31.6 Å². The van der Waals surface area contributed by atoms with Gasteiger partial charge >= 0.3 is 0 Å². The highest BCUT2D eigenvalue weighted by molar-refractivity contribution is 7.90. The van der Waals surface area contributed by atoms with Crippen molar-refractivity contribution in [3.8, 4) is 0 Å². The zero-order chi connectivity index (χ0) is 15.9. The van der Waals surface area contributed by atoms with E-state index in [1.807, 2.05) is 13.0 Å². The molecule has 1 rings (SSSR count). The molecule has 120 valence electrons. The van der Waals surface area contributed by atoms with Gasteiger partial charge in [-0.15, -0.1) is 11.3 Å². The molecule has 0 fully saturated rings. The summed E-state index contributed by atoms with van der Waals surface area (Å²) < 4.78 is 22.3. The van der Waals surface area contributed by atoms with Crippen LogP contribution in [0.5, 0.6) is 0 Å². The van der Waals surface area contributed by atoms with E-state index in [4.69, 9.17) is 0 Å². The van der Waals surface area contributed by atoms with E-state index >= 15 is 0 Å². The molecule has 0 aromatic carbocycles. The molecule has 21 heavy (non-hydrogen) atoms. The third kappa shape index (κ3) is 6.95. The van der Waals surface area contributed by atoms with Crippen LogP contribution < -0.4 is 10.6 Å². The number of hydrogen-bond acceptors (Lipinski definition) is 4. The maximum absolute atomic E-state index is 11.1. The Morgan fingerprint density at radius 3 is 2.62 bits per heavy atom. The molecule has 0 unspecified atom stereocenters. The molecule has 1 heterocycles. The van der Waals surface area contributed by atoms with Gasteiger partial charge in [-0.2, -0.15) is 0 Å². The van der Waals surface area contributed by atoms with E-state index in [0.717, 1.165) is 6.54 Å². The fraction of sp³-hybridized carbons (Fsp3) is 0.643. The summed E-state index contributed by atoms with van der Waals surface area (Å²) in [5, 5.41) is 8.26. The van der Waals surface area contributed by atoms with E-state index in [0.29, 0.717) is 19.0 Å². The molecule has 0 amide bonds. The first-order valence-electron chi connectivity index (χ1n) is 6.98. The van der Waals surface area contributed by atoms with Gasteiger partial charge in [0, 0.05) is 29.6 Å². The Morgan fingerprint density at radius 2 is 2.10 bits per heavy atom. The number of rotatable bonds is 7. The van der Waals surface area contributed by atoms with Gasteiger partial charge in [0.25, 0.3) is 0 Å². The monoisotopic (exact) mass is 331 g/mol. The molecule has 0 atom stereocenters. The summed E-state index contributed by atoms with van der Waals surface area (Å²) in [7, 11) is -2.96. The average molecular weight is 332 g/mol. The van der Waals surface area contributed by atoms with Crippen LogP contribution in [0.3, 0.4) is 0 Å². The molecular formula is C14H25N3O2S2. The molecular weight excluding hydrogens is 306 g/mol. The lowest BCUT2D eigenvalue weighted by atomic mass is 9.92. The maximum atomic E-state index is 11.1. The van der Waals surface area contributed by atoms with Crippen molar-refractivity contribution in [3.63, 3.8) is 0 Å². The van der Waals surface area contributed by atoms with Crippen molar-refractivity contribution in [2.24, 2.45) is 4.99 Å². The van der Waals surface area contributed by atoms with E-state index in [1.54, 1.807) is 11.3 Å². The van der Waals surface area contributed by atoms with Crippen LogP contribution in [0, 0.1) is 0 Å². The number of hydrogen-bond donors (Lipinski definition) is 2. The molecule has 0 aliphatic rings. The van der Waals surface area contributed by atoms with Gasteiger partial charge in [0.15, 0.2) is 5.96 Å².